The fourth-order valence-electron chi connectivity index (χ4n) is 5.78. The number of nitrogens with zero attached hydrogens (tertiary/aromatic N) is 2. The second-order valence-corrected chi connectivity index (χ2v) is 12.8. The first-order chi connectivity index (χ1) is 19.5. The van der Waals surface area contributed by atoms with Crippen molar-refractivity contribution >= 4 is 57.6 Å². The third-order valence-corrected chi connectivity index (χ3v) is 9.70. The lowest BCUT2D eigenvalue weighted by Gasteiger charge is -2.27. The van der Waals surface area contributed by atoms with Gasteiger partial charge >= 0.3 is 0 Å². The topological polar surface area (TPSA) is 45.2 Å². The number of hydrogen-bond acceptors (Lipinski definition) is 4. The molecule has 1 N–H and O–H groups in total. The van der Waals surface area contributed by atoms with Crippen LogP contribution in [-0.2, 0) is 0 Å². The maximum Gasteiger partial charge on any atom is 0.253 e. The monoisotopic (exact) mass is 589 g/mol. The quantitative estimate of drug-likeness (QED) is 0.162. The molecule has 1 fully saturated rings. The van der Waals surface area contributed by atoms with Gasteiger partial charge in [0.25, 0.3) is 5.91 Å². The molecule has 2 heterocycles. The maximum atomic E-state index is 13.4. The van der Waals surface area contributed by atoms with Crippen LogP contribution in [-0.4, -0.2) is 34.3 Å². The first-order valence-electron chi connectivity index (χ1n) is 14.1. The molecule has 7 heteroatoms. The van der Waals surface area contributed by atoms with E-state index in [0.717, 1.165) is 76.8 Å². The van der Waals surface area contributed by atoms with Crippen LogP contribution >= 0.6 is 35.1 Å². The van der Waals surface area contributed by atoms with Crippen LogP contribution in [0.15, 0.2) is 100 Å². The van der Waals surface area contributed by atoms with Gasteiger partial charge in [-0.2, -0.15) is 0 Å². The minimum atomic E-state index is -0.00730. The number of allylic oxidation sites excluding steroid dienone is 4. The number of para-hydroxylation sites is 1. The largest absolute Gasteiger partial charge is 0.338 e. The van der Waals surface area contributed by atoms with E-state index in [2.05, 4.69) is 40.1 Å². The Morgan fingerprint density at radius 3 is 2.70 bits per heavy atom. The summed E-state index contributed by atoms with van der Waals surface area (Å²) in [7, 11) is 0. The van der Waals surface area contributed by atoms with Crippen LogP contribution < -0.4 is 4.72 Å². The van der Waals surface area contributed by atoms with E-state index >= 15 is 0 Å². The number of benzene rings is 2. The molecule has 0 radical (unpaired) electrons. The van der Waals surface area contributed by atoms with Gasteiger partial charge in [-0.05, 0) is 104 Å². The summed E-state index contributed by atoms with van der Waals surface area (Å²) in [6, 6.07) is 18.0. The number of nitrogens with one attached hydrogen (secondary N) is 1. The van der Waals surface area contributed by atoms with Gasteiger partial charge in [0.1, 0.15) is 0 Å². The van der Waals surface area contributed by atoms with Gasteiger partial charge in [0.15, 0.2) is 0 Å². The third kappa shape index (κ3) is 6.43. The van der Waals surface area contributed by atoms with E-state index in [-0.39, 0.29) is 11.3 Å². The minimum absolute atomic E-state index is 0.00730. The van der Waals surface area contributed by atoms with Crippen LogP contribution in [0.2, 0.25) is 0 Å². The zero-order valence-corrected chi connectivity index (χ0v) is 24.7. The lowest BCUT2D eigenvalue weighted by molar-refractivity contribution is 0.0763. The van der Waals surface area contributed by atoms with Crippen LogP contribution in [0, 0.1) is 11.8 Å². The zero-order chi connectivity index (χ0) is 27.5. The summed E-state index contributed by atoms with van der Waals surface area (Å²) in [5.41, 5.74) is 5.45. The zero-order valence-electron chi connectivity index (χ0n) is 22.4. The van der Waals surface area contributed by atoms with E-state index < -0.39 is 0 Å². The summed E-state index contributed by atoms with van der Waals surface area (Å²) in [5.74, 6) is 1.31. The average molecular weight is 591 g/mol. The number of fused-ring (bicyclic) bond motifs is 1. The molecule has 4 nitrogen and oxygen atoms in total. The van der Waals surface area contributed by atoms with E-state index in [9.17, 15) is 4.79 Å². The van der Waals surface area contributed by atoms with Gasteiger partial charge in [0.05, 0.1) is 15.8 Å². The second kappa shape index (κ2) is 12.4. The van der Waals surface area contributed by atoms with E-state index in [4.69, 9.17) is 23.2 Å². The normalized spacial score (nSPS) is 20.3. The molecule has 40 heavy (non-hydrogen) atoms. The summed E-state index contributed by atoms with van der Waals surface area (Å²) in [6.45, 7) is 1.50. The molecule has 2 aliphatic carbocycles. The molecule has 0 spiro atoms. The van der Waals surface area contributed by atoms with Gasteiger partial charge in [-0.25, -0.2) is 0 Å². The molecule has 6 rings (SSSR count). The molecule has 0 bridgehead atoms. The van der Waals surface area contributed by atoms with Crippen molar-refractivity contribution < 1.29 is 4.79 Å². The Bertz CT molecular complexity index is 1470. The van der Waals surface area contributed by atoms with Gasteiger partial charge in [-0.15, -0.1) is 11.6 Å². The Balaban J connectivity index is 1.05. The Labute approximate surface area is 250 Å². The van der Waals surface area contributed by atoms with Crippen molar-refractivity contribution in [2.24, 2.45) is 11.8 Å². The first-order valence-corrected chi connectivity index (χ1v) is 15.7. The SMILES string of the molecule is O=C(c1ccc(NSc2cccc3cccnc23)cc1)N1CCC=C(CC(C2=CC=C(Cl)CC2Cl)C2CC2)CC1. The highest BCUT2D eigenvalue weighted by molar-refractivity contribution is 8.00. The predicted octanol–water partition coefficient (Wildman–Crippen LogP) is 8.99. The molecule has 3 aromatic rings. The predicted molar refractivity (Wildman–Crippen MR) is 168 cm³/mol. The van der Waals surface area contributed by atoms with Crippen molar-refractivity contribution in [3.8, 4) is 0 Å². The summed E-state index contributed by atoms with van der Waals surface area (Å²) in [5, 5.41) is 1.95. The lowest BCUT2D eigenvalue weighted by Crippen LogP contribution is -2.32. The first kappa shape index (κ1) is 27.4. The van der Waals surface area contributed by atoms with E-state index in [1.54, 1.807) is 0 Å². The Kier molecular flexibility index (Phi) is 8.52. The molecule has 1 saturated carbocycles. The highest BCUT2D eigenvalue weighted by Crippen LogP contribution is 2.47. The van der Waals surface area contributed by atoms with Crippen LogP contribution in [0.3, 0.4) is 0 Å². The van der Waals surface area contributed by atoms with E-state index in [0.29, 0.717) is 5.92 Å². The van der Waals surface area contributed by atoms with Crippen molar-refractivity contribution in [1.29, 1.82) is 0 Å². The van der Waals surface area contributed by atoms with Gasteiger partial charge in [0.2, 0.25) is 0 Å². The summed E-state index contributed by atoms with van der Waals surface area (Å²) < 4.78 is 3.40. The number of rotatable bonds is 8. The van der Waals surface area contributed by atoms with Gasteiger partial charge in [-0.3, -0.25) is 9.78 Å². The van der Waals surface area contributed by atoms with Gasteiger partial charge in [-0.1, -0.05) is 47.5 Å². The fraction of sp³-hybridized carbons (Fsp3) is 0.333. The van der Waals surface area contributed by atoms with Crippen molar-refractivity contribution in [3.05, 3.63) is 101 Å². The lowest BCUT2D eigenvalue weighted by atomic mass is 9.82. The van der Waals surface area contributed by atoms with Gasteiger partial charge in [0, 0.05) is 47.4 Å². The molecule has 0 saturated heterocycles. The standard InChI is InChI=1S/C33H33Cl2N3OS/c34-26-12-15-28(30(35)21-26)29(23-8-9-23)20-22-4-3-18-38(19-16-22)33(39)25-10-13-27(14-11-25)37-40-31-7-1-5-24-6-2-17-36-32(24)31/h1-2,4-7,10-15,17,23,29-30,37H,3,8-9,16,18-21H2. The highest BCUT2D eigenvalue weighted by atomic mass is 35.5. The molecule has 1 aromatic heterocycles. The summed E-state index contributed by atoms with van der Waals surface area (Å²) >= 11 is 14.5. The number of amides is 1. The summed E-state index contributed by atoms with van der Waals surface area (Å²) in [4.78, 5) is 21.0. The Morgan fingerprint density at radius 2 is 1.90 bits per heavy atom. The number of carbonyl (C=O) groups excluding carboxylic acids is 1. The maximum absolute atomic E-state index is 13.4. The number of aromatic nitrogens is 1. The number of hydrogen-bond donors (Lipinski definition) is 1. The van der Waals surface area contributed by atoms with Crippen molar-refractivity contribution in [3.63, 3.8) is 0 Å². The number of anilines is 1. The highest BCUT2D eigenvalue weighted by Gasteiger charge is 2.37. The van der Waals surface area contributed by atoms with Crippen LogP contribution in [0.25, 0.3) is 10.9 Å². The van der Waals surface area contributed by atoms with Crippen LogP contribution in [0.4, 0.5) is 5.69 Å². The van der Waals surface area contributed by atoms with Crippen molar-refractivity contribution in [2.45, 2.75) is 48.8 Å². The van der Waals surface area contributed by atoms with Crippen molar-refractivity contribution in [1.82, 2.24) is 9.88 Å². The average Bonchev–Trinajstić information content (AvgIpc) is 3.83. The second-order valence-electron chi connectivity index (χ2n) is 10.9. The molecule has 2 aromatic carbocycles. The molecular weight excluding hydrogens is 557 g/mol. The van der Waals surface area contributed by atoms with Crippen LogP contribution in [0.1, 0.15) is 48.9 Å². The smallest absolute Gasteiger partial charge is 0.253 e. The Hall–Kier alpha value is -2.73. The number of halogens is 2. The number of carbonyl (C=O) groups is 1. The fourth-order valence-corrected chi connectivity index (χ4v) is 7.26. The van der Waals surface area contributed by atoms with Crippen molar-refractivity contribution in [2.75, 3.05) is 17.8 Å². The number of pyridine rings is 1. The molecule has 1 amide bonds. The molecular formula is C33H33Cl2N3OS. The van der Waals surface area contributed by atoms with Crippen LogP contribution in [0.5, 0.6) is 0 Å². The molecule has 2 atom stereocenters. The minimum Gasteiger partial charge on any atom is -0.338 e. The Morgan fingerprint density at radius 1 is 1.07 bits per heavy atom. The molecule has 3 aliphatic rings. The molecule has 1 aliphatic heterocycles. The third-order valence-electron chi connectivity index (χ3n) is 8.12. The number of alkyl halides is 1. The summed E-state index contributed by atoms with van der Waals surface area (Å²) in [6.07, 6.45) is 14.5. The van der Waals surface area contributed by atoms with E-state index in [1.165, 1.54) is 35.9 Å². The molecule has 206 valence electrons. The van der Waals surface area contributed by atoms with E-state index in [1.807, 2.05) is 53.6 Å². The van der Waals surface area contributed by atoms with Gasteiger partial charge < -0.3 is 9.62 Å². The molecule has 2 unspecified atom stereocenters.